The van der Waals surface area contributed by atoms with E-state index in [1.165, 1.54) is 8.66 Å². The van der Waals surface area contributed by atoms with Crippen LogP contribution >= 0.6 is 27.3 Å². The van der Waals surface area contributed by atoms with Crippen LogP contribution in [0, 0.1) is 0 Å². The second kappa shape index (κ2) is 5.17. The van der Waals surface area contributed by atoms with E-state index in [1.54, 1.807) is 0 Å². The van der Waals surface area contributed by atoms with Crippen molar-refractivity contribution in [2.75, 3.05) is 13.1 Å². The molecule has 16 heavy (non-hydrogen) atoms. The highest BCUT2D eigenvalue weighted by molar-refractivity contribution is 9.11. The molecule has 1 aliphatic rings. The Kier molecular flexibility index (Phi) is 4.06. The second-order valence-electron chi connectivity index (χ2n) is 4.67. The maximum atomic E-state index is 3.54. The molecule has 0 spiro atoms. The molecular weight excluding hydrogens is 284 g/mol. The molecule has 90 valence electrons. The van der Waals surface area contributed by atoms with Crippen molar-refractivity contribution in [1.29, 1.82) is 0 Å². The van der Waals surface area contributed by atoms with Crippen molar-refractivity contribution in [1.82, 2.24) is 10.2 Å². The monoisotopic (exact) mass is 302 g/mol. The summed E-state index contributed by atoms with van der Waals surface area (Å²) in [6, 6.07) is 6.12. The molecule has 2 rings (SSSR count). The summed E-state index contributed by atoms with van der Waals surface area (Å²) in [7, 11) is 0. The van der Waals surface area contributed by atoms with Gasteiger partial charge >= 0.3 is 0 Å². The Balaban J connectivity index is 2.10. The lowest BCUT2D eigenvalue weighted by molar-refractivity contribution is 0.105. The minimum Gasteiger partial charge on any atom is -0.311 e. The van der Waals surface area contributed by atoms with Gasteiger partial charge in [0, 0.05) is 36.1 Å². The zero-order chi connectivity index (χ0) is 11.7. The van der Waals surface area contributed by atoms with Gasteiger partial charge in [0.2, 0.25) is 0 Å². The molecule has 2 heterocycles. The van der Waals surface area contributed by atoms with E-state index in [9.17, 15) is 0 Å². The van der Waals surface area contributed by atoms with Crippen LogP contribution in [-0.2, 0) is 0 Å². The smallest absolute Gasteiger partial charge is 0.0701 e. The predicted molar refractivity (Wildman–Crippen MR) is 74.1 cm³/mol. The maximum absolute atomic E-state index is 3.54. The average Bonchev–Trinajstić information content (AvgIpc) is 2.67. The fraction of sp³-hybridized carbons (Fsp3) is 0.667. The number of halogens is 1. The third-order valence-electron chi connectivity index (χ3n) is 3.32. The van der Waals surface area contributed by atoms with E-state index in [2.05, 4.69) is 59.1 Å². The van der Waals surface area contributed by atoms with Gasteiger partial charge in [-0.2, -0.15) is 0 Å². The summed E-state index contributed by atoms with van der Waals surface area (Å²) in [4.78, 5) is 4.05. The molecule has 0 aromatic carbocycles. The van der Waals surface area contributed by atoms with Crippen molar-refractivity contribution in [2.24, 2.45) is 0 Å². The molecule has 0 bridgehead atoms. The van der Waals surface area contributed by atoms with Gasteiger partial charge in [0.1, 0.15) is 0 Å². The highest BCUT2D eigenvalue weighted by Gasteiger charge is 2.27. The highest BCUT2D eigenvalue weighted by Crippen LogP contribution is 2.32. The summed E-state index contributed by atoms with van der Waals surface area (Å²) in [5, 5.41) is 3.53. The van der Waals surface area contributed by atoms with E-state index in [-0.39, 0.29) is 0 Å². The van der Waals surface area contributed by atoms with E-state index in [0.29, 0.717) is 18.1 Å². The zero-order valence-electron chi connectivity index (χ0n) is 10.0. The lowest BCUT2D eigenvalue weighted by atomic mass is 10.1. The molecule has 4 heteroatoms. The maximum Gasteiger partial charge on any atom is 0.0701 e. The van der Waals surface area contributed by atoms with Crippen molar-refractivity contribution in [2.45, 2.75) is 38.9 Å². The van der Waals surface area contributed by atoms with E-state index in [1.807, 2.05) is 11.3 Å². The van der Waals surface area contributed by atoms with Crippen LogP contribution in [0.4, 0.5) is 0 Å². The van der Waals surface area contributed by atoms with Crippen LogP contribution in [0.3, 0.4) is 0 Å². The van der Waals surface area contributed by atoms with Crippen LogP contribution in [0.1, 0.15) is 31.7 Å². The second-order valence-corrected chi connectivity index (χ2v) is 7.17. The predicted octanol–water partition coefficient (Wildman–Crippen LogP) is 3.25. The zero-order valence-corrected chi connectivity index (χ0v) is 12.4. The molecule has 2 nitrogen and oxygen atoms in total. The summed E-state index contributed by atoms with van der Waals surface area (Å²) < 4.78 is 1.23. The van der Waals surface area contributed by atoms with Crippen LogP contribution in [-0.4, -0.2) is 30.1 Å². The average molecular weight is 303 g/mol. The molecule has 0 aliphatic carbocycles. The van der Waals surface area contributed by atoms with Gasteiger partial charge in [-0.1, -0.05) is 0 Å². The lowest BCUT2D eigenvalue weighted by Crippen LogP contribution is -2.54. The summed E-state index contributed by atoms with van der Waals surface area (Å²) in [5.41, 5.74) is 0. The summed E-state index contributed by atoms with van der Waals surface area (Å²) in [5.74, 6) is 0. The normalized spacial score (nSPS) is 29.2. The van der Waals surface area contributed by atoms with Gasteiger partial charge in [0.05, 0.1) is 3.79 Å². The van der Waals surface area contributed by atoms with Crippen LogP contribution in [0.15, 0.2) is 15.9 Å². The van der Waals surface area contributed by atoms with E-state index in [4.69, 9.17) is 0 Å². The molecule has 0 saturated carbocycles. The molecule has 0 radical (unpaired) electrons. The Morgan fingerprint density at radius 3 is 2.88 bits per heavy atom. The van der Waals surface area contributed by atoms with Gasteiger partial charge in [-0.05, 0) is 48.8 Å². The number of nitrogens with zero attached hydrogens (tertiary/aromatic N) is 1. The van der Waals surface area contributed by atoms with Crippen molar-refractivity contribution >= 4 is 27.3 Å². The summed E-state index contributed by atoms with van der Waals surface area (Å²) in [6.45, 7) is 9.11. The Bertz CT molecular complexity index is 353. The van der Waals surface area contributed by atoms with Crippen LogP contribution in [0.2, 0.25) is 0 Å². The van der Waals surface area contributed by atoms with E-state index in [0.717, 1.165) is 13.1 Å². The van der Waals surface area contributed by atoms with Gasteiger partial charge in [0.25, 0.3) is 0 Å². The third kappa shape index (κ3) is 2.67. The quantitative estimate of drug-likeness (QED) is 0.902. The van der Waals surface area contributed by atoms with Gasteiger partial charge in [-0.15, -0.1) is 11.3 Å². The Hall–Kier alpha value is 0.1000. The van der Waals surface area contributed by atoms with Crippen LogP contribution in [0.25, 0.3) is 0 Å². The van der Waals surface area contributed by atoms with E-state index >= 15 is 0 Å². The van der Waals surface area contributed by atoms with Crippen LogP contribution in [0.5, 0.6) is 0 Å². The third-order valence-corrected chi connectivity index (χ3v) is 5.11. The number of nitrogens with one attached hydrogen (secondary N) is 1. The van der Waals surface area contributed by atoms with Gasteiger partial charge in [-0.3, -0.25) is 4.90 Å². The largest absolute Gasteiger partial charge is 0.311 e. The summed E-state index contributed by atoms with van der Waals surface area (Å²) >= 11 is 5.39. The van der Waals surface area contributed by atoms with Gasteiger partial charge < -0.3 is 5.32 Å². The fourth-order valence-corrected chi connectivity index (χ4v) is 3.80. The molecule has 1 N–H and O–H groups in total. The number of piperazine rings is 1. The summed E-state index contributed by atoms with van der Waals surface area (Å²) in [6.07, 6.45) is 0. The molecule has 1 aliphatic heterocycles. The molecule has 3 unspecified atom stereocenters. The van der Waals surface area contributed by atoms with Crippen molar-refractivity contribution in [3.63, 3.8) is 0 Å². The number of rotatable bonds is 2. The minimum absolute atomic E-state index is 0.524. The van der Waals surface area contributed by atoms with Crippen LogP contribution < -0.4 is 5.32 Å². The SMILES string of the molecule is CC1CN(C(C)c2ccc(Br)s2)C(C)CN1. The Morgan fingerprint density at radius 2 is 2.25 bits per heavy atom. The highest BCUT2D eigenvalue weighted by atomic mass is 79.9. The molecule has 1 aromatic rings. The first kappa shape index (κ1) is 12.6. The molecule has 3 atom stereocenters. The molecular formula is C12H19BrN2S. The first-order chi connectivity index (χ1) is 7.58. The first-order valence-corrected chi connectivity index (χ1v) is 7.43. The minimum atomic E-state index is 0.524. The van der Waals surface area contributed by atoms with Crippen molar-refractivity contribution in [3.8, 4) is 0 Å². The van der Waals surface area contributed by atoms with Crippen molar-refractivity contribution in [3.05, 3.63) is 20.8 Å². The van der Waals surface area contributed by atoms with E-state index < -0.39 is 0 Å². The fourth-order valence-electron chi connectivity index (χ4n) is 2.31. The van der Waals surface area contributed by atoms with Gasteiger partial charge in [-0.25, -0.2) is 0 Å². The number of hydrogen-bond acceptors (Lipinski definition) is 3. The topological polar surface area (TPSA) is 15.3 Å². The Morgan fingerprint density at radius 1 is 1.50 bits per heavy atom. The van der Waals surface area contributed by atoms with Crippen molar-refractivity contribution < 1.29 is 0 Å². The number of thiophene rings is 1. The molecule has 1 saturated heterocycles. The standard InChI is InChI=1S/C12H19BrN2S/c1-8-7-15(9(2)6-14-8)10(3)11-4-5-12(13)16-11/h4-5,8-10,14H,6-7H2,1-3H3. The Labute approximate surface area is 110 Å². The van der Waals surface area contributed by atoms with Gasteiger partial charge in [0.15, 0.2) is 0 Å². The molecule has 1 aromatic heterocycles. The number of hydrogen-bond donors (Lipinski definition) is 1. The lowest BCUT2D eigenvalue weighted by Gasteiger charge is -2.41. The molecule has 1 fully saturated rings. The first-order valence-electron chi connectivity index (χ1n) is 5.82. The molecule has 0 amide bonds.